The average molecular weight is 285 g/mol. The Kier molecular flexibility index (Phi) is 435. The van der Waals surface area contributed by atoms with Gasteiger partial charge in [0.25, 0.3) is 0 Å². The van der Waals surface area contributed by atoms with Gasteiger partial charge in [0.05, 0.1) is 0 Å². The van der Waals surface area contributed by atoms with Crippen LogP contribution in [0.3, 0.4) is 0 Å². The molecule has 0 bridgehead atoms. The zero-order valence-corrected chi connectivity index (χ0v) is 7.45. The number of hydrogen-bond acceptors (Lipinski definition) is 1. The molecule has 0 rings (SSSR count). The van der Waals surface area contributed by atoms with Gasteiger partial charge in [-0.25, -0.2) is 0 Å². The molecule has 0 aromatic rings. The summed E-state index contributed by atoms with van der Waals surface area (Å²) in [6.45, 7) is 0. The molecule has 0 fully saturated rings. The van der Waals surface area contributed by atoms with E-state index in [1.807, 2.05) is 0 Å². The van der Waals surface area contributed by atoms with Crippen molar-refractivity contribution in [2.24, 2.45) is 0 Å². The van der Waals surface area contributed by atoms with Crippen molar-refractivity contribution in [3.05, 3.63) is 0 Å². The molecule has 0 spiro atoms. The predicted octanol–water partition coefficient (Wildman–Crippen LogP) is -0.102. The molecule has 0 saturated carbocycles. The Balaban J connectivity index is -0.00000000167. The molecule has 5 heavy (non-hydrogen) atoms. The van der Waals surface area contributed by atoms with E-state index in [2.05, 4.69) is 0 Å². The average Bonchev–Trinajstić information content (AvgIpc) is 1.00. The van der Waals surface area contributed by atoms with Crippen molar-refractivity contribution in [3.8, 4) is 0 Å². The van der Waals surface area contributed by atoms with Gasteiger partial charge in [-0.15, -0.1) is 24.8 Å². The molecule has 0 heterocycles. The summed E-state index contributed by atoms with van der Waals surface area (Å²) in [5.41, 5.74) is 0. The van der Waals surface area contributed by atoms with E-state index in [9.17, 15) is 0 Å². The quantitative estimate of drug-likeness (QED) is 0.573. The summed E-state index contributed by atoms with van der Waals surface area (Å²) in [5, 5.41) is 0. The Hall–Kier alpha value is 1.21. The zero-order valence-electron chi connectivity index (χ0n) is 2.22. The first-order chi connectivity index (χ1) is 1.00. The summed E-state index contributed by atoms with van der Waals surface area (Å²) in [6.07, 6.45) is 0. The molecule has 5 heteroatoms. The molecule has 2 N–H and O–H groups in total. The van der Waals surface area contributed by atoms with Crippen molar-refractivity contribution in [1.82, 2.24) is 0 Å². The van der Waals surface area contributed by atoms with E-state index in [-0.39, 0.29) is 54.7 Å². The molecule has 0 saturated heterocycles. The third-order valence-electron chi connectivity index (χ3n) is 0. The van der Waals surface area contributed by atoms with Gasteiger partial charge in [-0.3, -0.25) is 0 Å². The molecule has 0 aliphatic carbocycles. The van der Waals surface area contributed by atoms with Crippen LogP contribution in [0.25, 0.3) is 0 Å². The van der Waals surface area contributed by atoms with E-state index < -0.39 is 0 Å². The van der Waals surface area contributed by atoms with Gasteiger partial charge in [0.15, 0.2) is 0 Å². The van der Waals surface area contributed by atoms with Crippen LogP contribution in [0.15, 0.2) is 0 Å². The summed E-state index contributed by atoms with van der Waals surface area (Å²) in [6, 6.07) is 0. The van der Waals surface area contributed by atoms with Crippen LogP contribution in [0.5, 0.6) is 0 Å². The number of hydrogen-bond donors (Lipinski definition) is 0. The first kappa shape index (κ1) is 34.5. The molecule has 34 valence electrons. The van der Waals surface area contributed by atoms with Crippen molar-refractivity contribution >= 4 is 24.8 Å². The first-order valence-electron chi connectivity index (χ1n) is 0.204. The standard InChI is InChI=1S/2ClH.Hf.H2O.O/h2*1H;;1H2;. The fraction of sp³-hybridized carbons (Fsp3) is 0. The molecule has 0 amide bonds. The Labute approximate surface area is 57.5 Å². The summed E-state index contributed by atoms with van der Waals surface area (Å²) >= 11 is 0.0556. The number of halogens is 2. The zero-order chi connectivity index (χ0) is 2.00. The molecule has 0 aliphatic heterocycles. The molecule has 0 aliphatic rings. The van der Waals surface area contributed by atoms with Crippen molar-refractivity contribution in [3.63, 3.8) is 0 Å². The summed E-state index contributed by atoms with van der Waals surface area (Å²) < 4.78 is 8.39. The summed E-state index contributed by atoms with van der Waals surface area (Å²) in [4.78, 5) is 0. The summed E-state index contributed by atoms with van der Waals surface area (Å²) in [5.74, 6) is 0. The molecule has 0 atom stereocenters. The SMILES string of the molecule is Cl.Cl.O.[O]=[Hf]. The van der Waals surface area contributed by atoms with Crippen LogP contribution < -0.4 is 0 Å². The van der Waals surface area contributed by atoms with Crippen LogP contribution in [-0.4, -0.2) is 5.48 Å². The normalized spacial score (nSPS) is 0.600. The van der Waals surface area contributed by atoms with Crippen LogP contribution in [0, 0.1) is 0 Å². The van der Waals surface area contributed by atoms with Crippen LogP contribution in [0.1, 0.15) is 0 Å². The summed E-state index contributed by atoms with van der Waals surface area (Å²) in [7, 11) is 0. The maximum atomic E-state index is 8.39. The molecule has 2 nitrogen and oxygen atoms in total. The monoisotopic (exact) mass is 286 g/mol. The maximum absolute atomic E-state index is 8.39. The van der Waals surface area contributed by atoms with E-state index in [1.165, 1.54) is 0 Å². The van der Waals surface area contributed by atoms with Crippen molar-refractivity contribution in [2.45, 2.75) is 0 Å². The Morgan fingerprint density at radius 2 is 1.00 bits per heavy atom. The van der Waals surface area contributed by atoms with Crippen molar-refractivity contribution in [1.29, 1.82) is 0 Å². The third kappa shape index (κ3) is 36.7. The van der Waals surface area contributed by atoms with Gasteiger partial charge in [0.1, 0.15) is 0 Å². The van der Waals surface area contributed by atoms with Gasteiger partial charge >= 0.3 is 27.2 Å². The van der Waals surface area contributed by atoms with Crippen LogP contribution >= 0.6 is 24.8 Å². The second-order valence-corrected chi connectivity index (χ2v) is 0. The van der Waals surface area contributed by atoms with E-state index in [4.69, 9.17) is 2.85 Å². The van der Waals surface area contributed by atoms with Crippen LogP contribution in [0.4, 0.5) is 0 Å². The van der Waals surface area contributed by atoms with Gasteiger partial charge in [-0.1, -0.05) is 0 Å². The van der Waals surface area contributed by atoms with Crippen molar-refractivity contribution in [2.75, 3.05) is 0 Å². The molecular weight excluding hydrogens is 281 g/mol. The minimum absolute atomic E-state index is 0. The minimum atomic E-state index is 0. The van der Waals surface area contributed by atoms with Gasteiger partial charge in [0, 0.05) is 0 Å². The molecule has 0 aromatic heterocycles. The fourth-order valence-corrected chi connectivity index (χ4v) is 0. The van der Waals surface area contributed by atoms with Gasteiger partial charge in [0.2, 0.25) is 0 Å². The molecule has 0 unspecified atom stereocenters. The Bertz CT molecular complexity index is 7.61. The Morgan fingerprint density at radius 1 is 1.00 bits per heavy atom. The van der Waals surface area contributed by atoms with Crippen LogP contribution in [-0.2, 0) is 27.2 Å². The first-order valence-corrected chi connectivity index (χ1v) is 1.67. The molecule has 0 radical (unpaired) electrons. The van der Waals surface area contributed by atoms with Crippen LogP contribution in [0.2, 0.25) is 0 Å². The molecular formula is H4Cl2HfO2. The fourth-order valence-electron chi connectivity index (χ4n) is 0. The number of rotatable bonds is 0. The van der Waals surface area contributed by atoms with E-state index in [0.29, 0.717) is 0 Å². The predicted molar refractivity (Wildman–Crippen MR) is 18.8 cm³/mol. The topological polar surface area (TPSA) is 48.6 Å². The Morgan fingerprint density at radius 3 is 1.00 bits per heavy atom. The van der Waals surface area contributed by atoms with Gasteiger partial charge in [-0.05, 0) is 0 Å². The van der Waals surface area contributed by atoms with Crippen molar-refractivity contribution < 1.29 is 32.7 Å². The van der Waals surface area contributed by atoms with E-state index in [0.717, 1.165) is 0 Å². The van der Waals surface area contributed by atoms with E-state index >= 15 is 0 Å². The second-order valence-electron chi connectivity index (χ2n) is 0. The molecule has 0 aromatic carbocycles. The third-order valence-corrected chi connectivity index (χ3v) is 0. The second kappa shape index (κ2) is 63.1. The van der Waals surface area contributed by atoms with Gasteiger partial charge in [-0.2, -0.15) is 0 Å². The van der Waals surface area contributed by atoms with E-state index in [1.54, 1.807) is 0 Å². The van der Waals surface area contributed by atoms with Gasteiger partial charge < -0.3 is 5.48 Å².